The average Bonchev–Trinajstić information content (AvgIpc) is 2.15. The van der Waals surface area contributed by atoms with Gasteiger partial charge in [0.15, 0.2) is 0 Å². The second kappa shape index (κ2) is 5.45. The van der Waals surface area contributed by atoms with Crippen molar-refractivity contribution in [2.45, 2.75) is 24.5 Å². The number of nitrogens with zero attached hydrogens (tertiary/aromatic N) is 2. The third kappa shape index (κ3) is 3.04. The molecule has 0 N–H and O–H groups in total. The molecular formula is C9H16N2S. The van der Waals surface area contributed by atoms with Gasteiger partial charge >= 0.3 is 0 Å². The maximum Gasteiger partial charge on any atom is 0.0635 e. The van der Waals surface area contributed by atoms with Gasteiger partial charge in [0.05, 0.1) is 6.07 Å². The molecule has 1 atom stereocenters. The van der Waals surface area contributed by atoms with Crippen molar-refractivity contribution >= 4 is 11.8 Å². The molecule has 0 spiro atoms. The molecule has 0 aliphatic carbocycles. The quantitative estimate of drug-likeness (QED) is 0.668. The number of hydrogen-bond donors (Lipinski definition) is 0. The van der Waals surface area contributed by atoms with Gasteiger partial charge in [-0.2, -0.15) is 17.0 Å². The van der Waals surface area contributed by atoms with Crippen LogP contribution in [-0.4, -0.2) is 36.0 Å². The molecule has 1 unspecified atom stereocenters. The van der Waals surface area contributed by atoms with E-state index in [2.05, 4.69) is 17.2 Å². The summed E-state index contributed by atoms with van der Waals surface area (Å²) in [6, 6.07) is 2.20. The molecule has 0 saturated carbocycles. The normalized spacial score (nSPS) is 25.2. The highest BCUT2D eigenvalue weighted by molar-refractivity contribution is 7.99. The van der Waals surface area contributed by atoms with Crippen LogP contribution in [-0.2, 0) is 0 Å². The molecule has 0 aromatic heterocycles. The predicted molar refractivity (Wildman–Crippen MR) is 53.2 cm³/mol. The average molecular weight is 184 g/mol. The van der Waals surface area contributed by atoms with E-state index in [0.29, 0.717) is 6.42 Å². The highest BCUT2D eigenvalue weighted by atomic mass is 32.2. The summed E-state index contributed by atoms with van der Waals surface area (Å²) in [5.41, 5.74) is 0. The molecule has 1 saturated heterocycles. The molecule has 2 nitrogen and oxygen atoms in total. The van der Waals surface area contributed by atoms with Crippen molar-refractivity contribution in [1.29, 1.82) is 5.26 Å². The molecule has 68 valence electrons. The zero-order valence-corrected chi connectivity index (χ0v) is 8.44. The minimum atomic E-state index is 0.682. The smallest absolute Gasteiger partial charge is 0.0635 e. The Hall–Kier alpha value is -0.200. The maximum absolute atomic E-state index is 8.44. The van der Waals surface area contributed by atoms with Crippen LogP contribution in [0.15, 0.2) is 0 Å². The molecule has 1 rings (SSSR count). The van der Waals surface area contributed by atoms with Gasteiger partial charge in [-0.15, -0.1) is 0 Å². The fourth-order valence-corrected chi connectivity index (χ4v) is 2.38. The minimum Gasteiger partial charge on any atom is -0.301 e. The zero-order valence-electron chi connectivity index (χ0n) is 7.62. The third-order valence-electron chi connectivity index (χ3n) is 2.34. The zero-order chi connectivity index (χ0) is 8.81. The Kier molecular flexibility index (Phi) is 4.49. The van der Waals surface area contributed by atoms with E-state index in [-0.39, 0.29) is 0 Å². The topological polar surface area (TPSA) is 27.0 Å². The fourth-order valence-electron chi connectivity index (χ4n) is 1.62. The number of rotatable bonds is 3. The van der Waals surface area contributed by atoms with E-state index in [0.717, 1.165) is 11.8 Å². The van der Waals surface area contributed by atoms with Crippen LogP contribution in [0, 0.1) is 11.3 Å². The summed E-state index contributed by atoms with van der Waals surface area (Å²) < 4.78 is 0. The van der Waals surface area contributed by atoms with Crippen molar-refractivity contribution in [3.8, 4) is 6.07 Å². The number of nitriles is 1. The lowest BCUT2D eigenvalue weighted by molar-refractivity contribution is 0.239. The van der Waals surface area contributed by atoms with Gasteiger partial charge in [-0.1, -0.05) is 0 Å². The summed E-state index contributed by atoms with van der Waals surface area (Å²) in [5.74, 6) is 0. The van der Waals surface area contributed by atoms with Crippen molar-refractivity contribution < 1.29 is 0 Å². The van der Waals surface area contributed by atoms with Gasteiger partial charge < -0.3 is 4.90 Å². The minimum absolute atomic E-state index is 0.682. The second-order valence-corrected chi connectivity index (χ2v) is 4.35. The van der Waals surface area contributed by atoms with Crippen LogP contribution in [0.25, 0.3) is 0 Å². The molecule has 0 bridgehead atoms. The number of hydrogen-bond acceptors (Lipinski definition) is 3. The highest BCUT2D eigenvalue weighted by Gasteiger charge is 2.17. The monoisotopic (exact) mass is 184 g/mol. The maximum atomic E-state index is 8.44. The van der Waals surface area contributed by atoms with Crippen molar-refractivity contribution in [2.24, 2.45) is 0 Å². The van der Waals surface area contributed by atoms with Crippen LogP contribution in [0.1, 0.15) is 19.3 Å². The Morgan fingerprint density at radius 3 is 3.17 bits per heavy atom. The van der Waals surface area contributed by atoms with Crippen molar-refractivity contribution in [1.82, 2.24) is 4.90 Å². The lowest BCUT2D eigenvalue weighted by Crippen LogP contribution is -2.37. The van der Waals surface area contributed by atoms with Crippen LogP contribution in [0.3, 0.4) is 0 Å². The Morgan fingerprint density at radius 1 is 1.67 bits per heavy atom. The molecule has 1 aliphatic heterocycles. The van der Waals surface area contributed by atoms with Gasteiger partial charge in [-0.25, -0.2) is 0 Å². The molecule has 0 amide bonds. The molecule has 1 heterocycles. The summed E-state index contributed by atoms with van der Waals surface area (Å²) in [4.78, 5) is 2.41. The lowest BCUT2D eigenvalue weighted by Gasteiger charge is -2.31. The van der Waals surface area contributed by atoms with Gasteiger partial charge in [0.25, 0.3) is 0 Å². The van der Waals surface area contributed by atoms with E-state index in [1.54, 1.807) is 0 Å². The first-order chi connectivity index (χ1) is 5.86. The van der Waals surface area contributed by atoms with Gasteiger partial charge in [0.2, 0.25) is 0 Å². The molecule has 0 radical (unpaired) electrons. The van der Waals surface area contributed by atoms with Crippen molar-refractivity contribution in [3.63, 3.8) is 0 Å². The summed E-state index contributed by atoms with van der Waals surface area (Å²) in [7, 11) is 0. The van der Waals surface area contributed by atoms with E-state index in [1.807, 2.05) is 11.8 Å². The van der Waals surface area contributed by atoms with Gasteiger partial charge in [-0.05, 0) is 25.6 Å². The molecule has 0 aromatic carbocycles. The van der Waals surface area contributed by atoms with Gasteiger partial charge in [-0.3, -0.25) is 0 Å². The van der Waals surface area contributed by atoms with Crippen LogP contribution in [0.2, 0.25) is 0 Å². The molecular weight excluding hydrogens is 168 g/mol. The summed E-state index contributed by atoms with van der Waals surface area (Å²) in [6.45, 7) is 3.34. The Balaban J connectivity index is 2.22. The summed E-state index contributed by atoms with van der Waals surface area (Å²) in [6.07, 6.45) is 5.51. The Bertz CT molecular complexity index is 164. The first-order valence-electron chi connectivity index (χ1n) is 4.49. The largest absolute Gasteiger partial charge is 0.301 e. The third-order valence-corrected chi connectivity index (χ3v) is 3.39. The summed E-state index contributed by atoms with van der Waals surface area (Å²) >= 11 is 1.96. The van der Waals surface area contributed by atoms with Crippen LogP contribution >= 0.6 is 11.8 Å². The summed E-state index contributed by atoms with van der Waals surface area (Å²) in [5, 5.41) is 9.24. The Morgan fingerprint density at radius 2 is 2.50 bits per heavy atom. The van der Waals surface area contributed by atoms with Crippen molar-refractivity contribution in [2.75, 3.05) is 25.9 Å². The van der Waals surface area contributed by atoms with E-state index < -0.39 is 0 Å². The molecule has 0 aromatic rings. The van der Waals surface area contributed by atoms with E-state index in [1.165, 1.54) is 25.9 Å². The first kappa shape index (κ1) is 9.88. The number of likely N-dealkylation sites (tertiary alicyclic amines) is 1. The van der Waals surface area contributed by atoms with Crippen molar-refractivity contribution in [3.05, 3.63) is 0 Å². The molecule has 1 aliphatic rings. The first-order valence-corrected chi connectivity index (χ1v) is 5.77. The predicted octanol–water partition coefficient (Wildman–Crippen LogP) is 1.73. The van der Waals surface area contributed by atoms with Crippen LogP contribution < -0.4 is 0 Å². The van der Waals surface area contributed by atoms with Crippen LogP contribution in [0.5, 0.6) is 0 Å². The SMILES string of the molecule is CSC1CCCN(CCC#N)C1. The van der Waals surface area contributed by atoms with E-state index in [4.69, 9.17) is 5.26 Å². The van der Waals surface area contributed by atoms with E-state index >= 15 is 0 Å². The lowest BCUT2D eigenvalue weighted by atomic mass is 10.1. The Labute approximate surface area is 78.9 Å². The second-order valence-electron chi connectivity index (χ2n) is 3.21. The van der Waals surface area contributed by atoms with Gasteiger partial charge in [0, 0.05) is 24.8 Å². The highest BCUT2D eigenvalue weighted by Crippen LogP contribution is 2.19. The molecule has 12 heavy (non-hydrogen) atoms. The number of thioether (sulfide) groups is 1. The standard InChI is InChI=1S/C9H16N2S/c1-12-9-4-2-6-11(8-9)7-3-5-10/h9H,2-4,6-8H2,1H3. The van der Waals surface area contributed by atoms with E-state index in [9.17, 15) is 0 Å². The molecule has 1 fully saturated rings. The van der Waals surface area contributed by atoms with Gasteiger partial charge in [0.1, 0.15) is 0 Å². The number of piperidine rings is 1. The van der Waals surface area contributed by atoms with Crippen LogP contribution in [0.4, 0.5) is 0 Å². The fraction of sp³-hybridized carbons (Fsp3) is 0.889. The molecule has 3 heteroatoms.